The van der Waals surface area contributed by atoms with Gasteiger partial charge in [0.25, 0.3) is 5.91 Å². The van der Waals surface area contributed by atoms with Crippen molar-refractivity contribution in [1.82, 2.24) is 10.2 Å². The minimum absolute atomic E-state index is 0.100. The van der Waals surface area contributed by atoms with Gasteiger partial charge < -0.3 is 10.1 Å². The molecule has 1 heterocycles. The maximum atomic E-state index is 13.1. The Morgan fingerprint density at radius 1 is 1.16 bits per heavy atom. The molecule has 1 aliphatic heterocycles. The monoisotopic (exact) mass is 358 g/mol. The van der Waals surface area contributed by atoms with Gasteiger partial charge in [-0.2, -0.15) is 0 Å². The lowest BCUT2D eigenvalue weighted by atomic mass is 9.87. The minimum Gasteiger partial charge on any atom is -0.496 e. The summed E-state index contributed by atoms with van der Waals surface area (Å²) in [6.45, 7) is 1.98. The number of urea groups is 1. The number of nitrogens with zero attached hydrogens (tertiary/aromatic N) is 1. The lowest BCUT2D eigenvalue weighted by Gasteiger charge is -2.25. The predicted molar refractivity (Wildman–Crippen MR) is 95.5 cm³/mol. The molecule has 1 aliphatic rings. The average Bonchev–Trinajstić information content (AvgIpc) is 2.88. The van der Waals surface area contributed by atoms with E-state index in [-0.39, 0.29) is 12.5 Å². The molecule has 0 aromatic heterocycles. The highest BCUT2D eigenvalue weighted by Crippen LogP contribution is 2.34. The van der Waals surface area contributed by atoms with E-state index in [0.29, 0.717) is 22.8 Å². The van der Waals surface area contributed by atoms with Gasteiger partial charge in [0.15, 0.2) is 0 Å². The van der Waals surface area contributed by atoms with E-state index in [0.717, 1.165) is 5.56 Å². The van der Waals surface area contributed by atoms with Crippen LogP contribution in [-0.4, -0.2) is 23.9 Å². The molecule has 1 atom stereocenters. The van der Waals surface area contributed by atoms with Crippen LogP contribution in [0.1, 0.15) is 24.5 Å². The smallest absolute Gasteiger partial charge is 0.325 e. The molecule has 0 bridgehead atoms. The number of carbonyl (C=O) groups excluding carboxylic acids is 2. The molecule has 3 amide bonds. The van der Waals surface area contributed by atoms with Crippen LogP contribution < -0.4 is 10.1 Å². The van der Waals surface area contributed by atoms with E-state index in [2.05, 4.69) is 5.32 Å². The first-order valence-corrected chi connectivity index (χ1v) is 8.41. The number of ether oxygens (including phenoxy) is 1. The van der Waals surface area contributed by atoms with E-state index in [9.17, 15) is 9.59 Å². The Labute approximate surface area is 151 Å². The van der Waals surface area contributed by atoms with Crippen molar-refractivity contribution in [3.63, 3.8) is 0 Å². The SMILES string of the molecule is CC[C@@]1(c2ccccc2)NC(=O)N(Cc2cc(Cl)ccc2OC)C1=O. The Kier molecular flexibility index (Phi) is 4.68. The number of nitrogens with one attached hydrogen (secondary N) is 1. The highest BCUT2D eigenvalue weighted by atomic mass is 35.5. The predicted octanol–water partition coefficient (Wildman–Crippen LogP) is 3.71. The van der Waals surface area contributed by atoms with E-state index in [4.69, 9.17) is 16.3 Å². The molecule has 0 aliphatic carbocycles. The fourth-order valence-electron chi connectivity index (χ4n) is 3.17. The molecular formula is C19H19ClN2O3. The van der Waals surface area contributed by atoms with Crippen LogP contribution >= 0.6 is 11.6 Å². The van der Waals surface area contributed by atoms with Crippen LogP contribution in [0.3, 0.4) is 0 Å². The van der Waals surface area contributed by atoms with Crippen LogP contribution in [0.2, 0.25) is 5.02 Å². The standard InChI is InChI=1S/C19H19ClN2O3/c1-3-19(14-7-5-4-6-8-14)17(23)22(18(24)21-19)12-13-11-15(20)9-10-16(13)25-2/h4-11H,3,12H2,1-2H3,(H,21,24)/t19-/m0/s1. The summed E-state index contributed by atoms with van der Waals surface area (Å²) in [7, 11) is 1.54. The van der Waals surface area contributed by atoms with Crippen molar-refractivity contribution >= 4 is 23.5 Å². The van der Waals surface area contributed by atoms with Crippen LogP contribution in [0.5, 0.6) is 5.75 Å². The lowest BCUT2D eigenvalue weighted by Crippen LogP contribution is -2.43. The third-order valence-corrected chi connectivity index (χ3v) is 4.78. The zero-order chi connectivity index (χ0) is 18.0. The van der Waals surface area contributed by atoms with Gasteiger partial charge >= 0.3 is 6.03 Å². The first-order valence-electron chi connectivity index (χ1n) is 8.04. The lowest BCUT2D eigenvalue weighted by molar-refractivity contribution is -0.132. The van der Waals surface area contributed by atoms with Gasteiger partial charge in [0, 0.05) is 10.6 Å². The molecule has 1 fully saturated rings. The van der Waals surface area contributed by atoms with Gasteiger partial charge in [-0.05, 0) is 30.2 Å². The van der Waals surface area contributed by atoms with Gasteiger partial charge in [-0.15, -0.1) is 0 Å². The summed E-state index contributed by atoms with van der Waals surface area (Å²) in [6, 6.07) is 14.0. The Morgan fingerprint density at radius 2 is 1.88 bits per heavy atom. The zero-order valence-electron chi connectivity index (χ0n) is 14.1. The van der Waals surface area contributed by atoms with Crippen molar-refractivity contribution in [3.05, 3.63) is 64.7 Å². The van der Waals surface area contributed by atoms with Gasteiger partial charge in [-0.1, -0.05) is 48.9 Å². The summed E-state index contributed by atoms with van der Waals surface area (Å²) < 4.78 is 5.32. The number of hydrogen-bond donors (Lipinski definition) is 1. The summed E-state index contributed by atoms with van der Waals surface area (Å²) >= 11 is 6.05. The zero-order valence-corrected chi connectivity index (χ0v) is 14.8. The van der Waals surface area contributed by atoms with Gasteiger partial charge in [0.1, 0.15) is 11.3 Å². The fraction of sp³-hybridized carbons (Fsp3) is 0.263. The van der Waals surface area contributed by atoms with Crippen molar-refractivity contribution in [3.8, 4) is 5.75 Å². The van der Waals surface area contributed by atoms with Gasteiger partial charge in [0.05, 0.1) is 13.7 Å². The second kappa shape index (κ2) is 6.76. The van der Waals surface area contributed by atoms with Crippen LogP contribution in [-0.2, 0) is 16.9 Å². The first-order chi connectivity index (χ1) is 12.0. The number of hydrogen-bond acceptors (Lipinski definition) is 3. The summed E-state index contributed by atoms with van der Waals surface area (Å²) in [6.07, 6.45) is 0.463. The Bertz CT molecular complexity index is 810. The molecule has 0 unspecified atom stereocenters. The molecule has 25 heavy (non-hydrogen) atoms. The highest BCUT2D eigenvalue weighted by molar-refractivity contribution is 6.30. The molecule has 2 aromatic carbocycles. The number of methoxy groups -OCH3 is 1. The molecule has 1 N–H and O–H groups in total. The maximum absolute atomic E-state index is 13.1. The molecule has 6 heteroatoms. The highest BCUT2D eigenvalue weighted by Gasteiger charge is 2.51. The summed E-state index contributed by atoms with van der Waals surface area (Å²) in [4.78, 5) is 26.9. The van der Waals surface area contributed by atoms with Crippen LogP contribution in [0.4, 0.5) is 4.79 Å². The van der Waals surface area contributed by atoms with Crippen LogP contribution in [0.15, 0.2) is 48.5 Å². The second-order valence-electron chi connectivity index (χ2n) is 5.90. The summed E-state index contributed by atoms with van der Waals surface area (Å²) in [5.74, 6) is 0.312. The van der Waals surface area contributed by atoms with E-state index in [1.165, 1.54) is 4.90 Å². The minimum atomic E-state index is -1.04. The van der Waals surface area contributed by atoms with E-state index >= 15 is 0 Å². The molecule has 0 radical (unpaired) electrons. The first kappa shape index (κ1) is 17.3. The quantitative estimate of drug-likeness (QED) is 0.829. The summed E-state index contributed by atoms with van der Waals surface area (Å²) in [5.41, 5.74) is 0.416. The van der Waals surface area contributed by atoms with Gasteiger partial charge in [-0.25, -0.2) is 4.79 Å². The van der Waals surface area contributed by atoms with E-state index in [1.807, 2.05) is 37.3 Å². The van der Waals surface area contributed by atoms with Gasteiger partial charge in [-0.3, -0.25) is 9.69 Å². The maximum Gasteiger partial charge on any atom is 0.325 e. The molecule has 0 saturated carbocycles. The second-order valence-corrected chi connectivity index (χ2v) is 6.34. The Balaban J connectivity index is 1.96. The van der Waals surface area contributed by atoms with Crippen molar-refractivity contribution < 1.29 is 14.3 Å². The van der Waals surface area contributed by atoms with Crippen LogP contribution in [0, 0.1) is 0 Å². The Hall–Kier alpha value is -2.53. The Morgan fingerprint density at radius 3 is 2.52 bits per heavy atom. The third kappa shape index (κ3) is 2.96. The van der Waals surface area contributed by atoms with Crippen molar-refractivity contribution in [1.29, 1.82) is 0 Å². The number of carbonyl (C=O) groups is 2. The number of rotatable bonds is 5. The van der Waals surface area contributed by atoms with Gasteiger partial charge in [0.2, 0.25) is 0 Å². The molecule has 130 valence electrons. The molecule has 1 saturated heterocycles. The molecular weight excluding hydrogens is 340 g/mol. The number of imide groups is 1. The molecule has 3 rings (SSSR count). The van der Waals surface area contributed by atoms with E-state index in [1.54, 1.807) is 25.3 Å². The molecule has 2 aromatic rings. The average molecular weight is 359 g/mol. The van der Waals surface area contributed by atoms with Crippen molar-refractivity contribution in [2.45, 2.75) is 25.4 Å². The normalized spacial score (nSPS) is 19.9. The third-order valence-electron chi connectivity index (χ3n) is 4.54. The molecule has 0 spiro atoms. The van der Waals surface area contributed by atoms with Crippen molar-refractivity contribution in [2.75, 3.05) is 7.11 Å². The summed E-state index contributed by atoms with van der Waals surface area (Å²) in [5, 5.41) is 3.39. The fourth-order valence-corrected chi connectivity index (χ4v) is 3.37. The van der Waals surface area contributed by atoms with Crippen LogP contribution in [0.25, 0.3) is 0 Å². The topological polar surface area (TPSA) is 58.6 Å². The number of amides is 3. The van der Waals surface area contributed by atoms with E-state index < -0.39 is 11.6 Å². The largest absolute Gasteiger partial charge is 0.496 e. The number of halogens is 1. The van der Waals surface area contributed by atoms with Crippen molar-refractivity contribution in [2.24, 2.45) is 0 Å². The molecule has 5 nitrogen and oxygen atoms in total. The number of benzene rings is 2.